The van der Waals surface area contributed by atoms with Crippen molar-refractivity contribution in [2.24, 2.45) is 5.92 Å². The minimum Gasteiger partial charge on any atom is -0.507 e. The first-order valence-electron chi connectivity index (χ1n) is 7.48. The van der Waals surface area contributed by atoms with Gasteiger partial charge in [-0.05, 0) is 37.8 Å². The van der Waals surface area contributed by atoms with Gasteiger partial charge in [0.05, 0.1) is 20.3 Å². The average Bonchev–Trinajstić information content (AvgIpc) is 3.36. The lowest BCUT2D eigenvalue weighted by atomic mass is 10.1. The molecule has 1 aliphatic carbocycles. The minimum absolute atomic E-state index is 0.0869. The summed E-state index contributed by atoms with van der Waals surface area (Å²) in [4.78, 5) is 23.1. The maximum atomic E-state index is 11.7. The fourth-order valence-corrected chi connectivity index (χ4v) is 2.00. The predicted octanol–water partition coefficient (Wildman–Crippen LogP) is 2.52. The number of carbonyl (C=O) groups is 2. The van der Waals surface area contributed by atoms with E-state index in [4.69, 9.17) is 9.47 Å². The van der Waals surface area contributed by atoms with Crippen LogP contribution in [0, 0.1) is 5.92 Å². The number of methoxy groups -OCH3 is 1. The molecule has 1 saturated carbocycles. The SMILES string of the molecule is CCOC(=O)C(=O)C=C(O)c1c(OC)cccc1OCC1CC1. The minimum atomic E-state index is -1.02. The molecule has 1 aromatic rings. The van der Waals surface area contributed by atoms with Gasteiger partial charge in [-0.25, -0.2) is 4.79 Å². The second-order valence-corrected chi connectivity index (χ2v) is 5.20. The molecule has 0 amide bonds. The molecule has 124 valence electrons. The summed E-state index contributed by atoms with van der Waals surface area (Å²) in [6.45, 7) is 2.22. The predicted molar refractivity (Wildman–Crippen MR) is 83.5 cm³/mol. The molecule has 6 heteroatoms. The fraction of sp³-hybridized carbons (Fsp3) is 0.412. The Labute approximate surface area is 134 Å². The van der Waals surface area contributed by atoms with Crippen molar-refractivity contribution in [2.45, 2.75) is 19.8 Å². The maximum Gasteiger partial charge on any atom is 0.379 e. The van der Waals surface area contributed by atoms with Gasteiger partial charge in [-0.3, -0.25) is 4.79 Å². The van der Waals surface area contributed by atoms with Gasteiger partial charge >= 0.3 is 5.97 Å². The number of hydrogen-bond acceptors (Lipinski definition) is 6. The van der Waals surface area contributed by atoms with Gasteiger partial charge in [0.25, 0.3) is 5.78 Å². The number of ketones is 1. The highest BCUT2D eigenvalue weighted by atomic mass is 16.5. The van der Waals surface area contributed by atoms with Crippen LogP contribution in [0.5, 0.6) is 11.5 Å². The Bertz CT molecular complexity index is 616. The van der Waals surface area contributed by atoms with Crippen LogP contribution in [0.15, 0.2) is 24.3 Å². The molecule has 1 fully saturated rings. The molecular formula is C17H20O6. The first-order valence-corrected chi connectivity index (χ1v) is 7.48. The molecule has 1 aliphatic rings. The summed E-state index contributed by atoms with van der Waals surface area (Å²) >= 11 is 0. The first kappa shape index (κ1) is 16.9. The van der Waals surface area contributed by atoms with Crippen LogP contribution >= 0.6 is 0 Å². The normalized spacial score (nSPS) is 14.3. The molecule has 1 aromatic carbocycles. The topological polar surface area (TPSA) is 82.1 Å². The Kier molecular flexibility index (Phi) is 5.62. The monoisotopic (exact) mass is 320 g/mol. The highest BCUT2D eigenvalue weighted by molar-refractivity contribution is 6.39. The second kappa shape index (κ2) is 7.67. The van der Waals surface area contributed by atoms with Crippen molar-refractivity contribution in [1.29, 1.82) is 0 Å². The van der Waals surface area contributed by atoms with Crippen molar-refractivity contribution in [3.8, 4) is 11.5 Å². The standard InChI is InChI=1S/C17H20O6/c1-3-22-17(20)13(19)9-12(18)16-14(21-2)5-4-6-15(16)23-10-11-7-8-11/h4-6,9,11,18H,3,7-8,10H2,1-2H3. The van der Waals surface area contributed by atoms with E-state index in [1.807, 2.05) is 0 Å². The third-order valence-corrected chi connectivity index (χ3v) is 3.38. The van der Waals surface area contributed by atoms with Crippen molar-refractivity contribution in [3.63, 3.8) is 0 Å². The van der Waals surface area contributed by atoms with Crippen LogP contribution in [0.1, 0.15) is 25.3 Å². The van der Waals surface area contributed by atoms with Gasteiger partial charge in [-0.2, -0.15) is 0 Å². The van der Waals surface area contributed by atoms with Gasteiger partial charge in [-0.15, -0.1) is 0 Å². The number of hydrogen-bond donors (Lipinski definition) is 1. The molecule has 0 bridgehead atoms. The first-order chi connectivity index (χ1) is 11.1. The molecule has 0 saturated heterocycles. The third-order valence-electron chi connectivity index (χ3n) is 3.38. The van der Waals surface area contributed by atoms with E-state index in [1.165, 1.54) is 7.11 Å². The van der Waals surface area contributed by atoms with E-state index in [0.29, 0.717) is 24.0 Å². The van der Waals surface area contributed by atoms with E-state index >= 15 is 0 Å². The molecule has 6 nitrogen and oxygen atoms in total. The molecule has 1 N–H and O–H groups in total. The zero-order valence-corrected chi connectivity index (χ0v) is 13.2. The molecule has 0 aliphatic heterocycles. The Morgan fingerprint density at radius 2 is 2.00 bits per heavy atom. The van der Waals surface area contributed by atoms with Gasteiger partial charge in [0.1, 0.15) is 22.8 Å². The Morgan fingerprint density at radius 3 is 2.61 bits per heavy atom. The molecular weight excluding hydrogens is 300 g/mol. The summed E-state index contributed by atoms with van der Waals surface area (Å²) in [6.07, 6.45) is 3.07. The van der Waals surface area contributed by atoms with Crippen LogP contribution in [0.2, 0.25) is 0 Å². The van der Waals surface area contributed by atoms with E-state index in [2.05, 4.69) is 4.74 Å². The zero-order chi connectivity index (χ0) is 16.8. The summed E-state index contributed by atoms with van der Waals surface area (Å²) in [6, 6.07) is 5.04. The number of ether oxygens (including phenoxy) is 3. The number of aliphatic hydroxyl groups excluding tert-OH is 1. The van der Waals surface area contributed by atoms with Crippen molar-refractivity contribution >= 4 is 17.5 Å². The second-order valence-electron chi connectivity index (χ2n) is 5.20. The molecule has 0 atom stereocenters. The highest BCUT2D eigenvalue weighted by Crippen LogP contribution is 2.36. The largest absolute Gasteiger partial charge is 0.507 e. The molecule has 0 unspecified atom stereocenters. The summed E-state index contributed by atoms with van der Waals surface area (Å²) < 4.78 is 15.5. The summed E-state index contributed by atoms with van der Waals surface area (Å²) in [5, 5.41) is 10.3. The number of benzene rings is 1. The van der Waals surface area contributed by atoms with Gasteiger partial charge in [0.2, 0.25) is 0 Å². The smallest absolute Gasteiger partial charge is 0.379 e. The highest BCUT2D eigenvalue weighted by Gasteiger charge is 2.24. The van der Waals surface area contributed by atoms with E-state index in [1.54, 1.807) is 25.1 Å². The van der Waals surface area contributed by atoms with Crippen molar-refractivity contribution < 1.29 is 28.9 Å². The molecule has 0 aromatic heterocycles. The quantitative estimate of drug-likeness (QED) is 0.343. The number of rotatable bonds is 8. The van der Waals surface area contributed by atoms with Crippen LogP contribution in [0.4, 0.5) is 0 Å². The van der Waals surface area contributed by atoms with E-state index in [9.17, 15) is 14.7 Å². The fourth-order valence-electron chi connectivity index (χ4n) is 2.00. The van der Waals surface area contributed by atoms with Gasteiger partial charge < -0.3 is 19.3 Å². The van der Waals surface area contributed by atoms with Crippen LogP contribution in [0.3, 0.4) is 0 Å². The number of carbonyl (C=O) groups excluding carboxylic acids is 2. The van der Waals surface area contributed by atoms with E-state index in [0.717, 1.165) is 18.9 Å². The molecule has 2 rings (SSSR count). The van der Waals surface area contributed by atoms with Crippen LogP contribution < -0.4 is 9.47 Å². The summed E-state index contributed by atoms with van der Waals surface area (Å²) in [5.41, 5.74) is 0.244. The van der Waals surface area contributed by atoms with E-state index in [-0.39, 0.29) is 12.2 Å². The molecule has 23 heavy (non-hydrogen) atoms. The summed E-state index contributed by atoms with van der Waals surface area (Å²) in [7, 11) is 1.45. The molecule has 0 spiro atoms. The van der Waals surface area contributed by atoms with Crippen molar-refractivity contribution in [3.05, 3.63) is 29.8 Å². The average molecular weight is 320 g/mol. The van der Waals surface area contributed by atoms with Crippen LogP contribution in [-0.2, 0) is 14.3 Å². The molecule has 0 radical (unpaired) electrons. The maximum absolute atomic E-state index is 11.7. The van der Waals surface area contributed by atoms with Gasteiger partial charge in [-0.1, -0.05) is 6.07 Å². The third kappa shape index (κ3) is 4.48. The van der Waals surface area contributed by atoms with Crippen LogP contribution in [0.25, 0.3) is 5.76 Å². The Balaban J connectivity index is 2.26. The lowest BCUT2D eigenvalue weighted by molar-refractivity contribution is -0.151. The van der Waals surface area contributed by atoms with Crippen molar-refractivity contribution in [2.75, 3.05) is 20.3 Å². The number of esters is 1. The van der Waals surface area contributed by atoms with Crippen molar-refractivity contribution in [1.82, 2.24) is 0 Å². The Morgan fingerprint density at radius 1 is 1.30 bits per heavy atom. The summed E-state index contributed by atoms with van der Waals surface area (Å²) in [5.74, 6) is -1.07. The molecule has 0 heterocycles. The lowest BCUT2D eigenvalue weighted by Gasteiger charge is -2.14. The lowest BCUT2D eigenvalue weighted by Crippen LogP contribution is -2.15. The van der Waals surface area contributed by atoms with Gasteiger partial charge in [0.15, 0.2) is 0 Å². The zero-order valence-electron chi connectivity index (χ0n) is 13.2. The Hall–Kier alpha value is -2.50. The van der Waals surface area contributed by atoms with E-state index < -0.39 is 17.5 Å². The number of aliphatic hydroxyl groups is 1. The van der Waals surface area contributed by atoms with Crippen LogP contribution in [-0.4, -0.2) is 37.2 Å². The van der Waals surface area contributed by atoms with Gasteiger partial charge in [0, 0.05) is 6.08 Å².